The Hall–Kier alpha value is -1.69. The van der Waals surface area contributed by atoms with E-state index in [4.69, 9.17) is 0 Å². The molecule has 1 unspecified atom stereocenters. The summed E-state index contributed by atoms with van der Waals surface area (Å²) in [5.41, 5.74) is 0.412. The Morgan fingerprint density at radius 1 is 1.37 bits per heavy atom. The minimum Gasteiger partial charge on any atom is -0.372 e. The summed E-state index contributed by atoms with van der Waals surface area (Å²) in [7, 11) is 3.87. The van der Waals surface area contributed by atoms with Crippen LogP contribution in [0.2, 0.25) is 0 Å². The summed E-state index contributed by atoms with van der Waals surface area (Å²) < 4.78 is 0. The zero-order valence-corrected chi connectivity index (χ0v) is 11.8. The van der Waals surface area contributed by atoms with E-state index in [-0.39, 0.29) is 11.9 Å². The maximum atomic E-state index is 12.5. The average molecular weight is 263 g/mol. The first kappa shape index (κ1) is 13.7. The molecule has 1 saturated heterocycles. The Kier molecular flexibility index (Phi) is 4.31. The van der Waals surface area contributed by atoms with Gasteiger partial charge in [-0.25, -0.2) is 9.97 Å². The molecule has 0 saturated carbocycles. The van der Waals surface area contributed by atoms with Gasteiger partial charge >= 0.3 is 0 Å². The number of anilines is 1. The van der Waals surface area contributed by atoms with E-state index in [2.05, 4.69) is 34.2 Å². The Balaban J connectivity index is 2.12. The van der Waals surface area contributed by atoms with E-state index in [0.717, 1.165) is 26.1 Å². The number of hydrogen-bond acceptors (Lipinski definition) is 5. The van der Waals surface area contributed by atoms with Gasteiger partial charge in [0.15, 0.2) is 0 Å². The quantitative estimate of drug-likeness (QED) is 0.850. The highest BCUT2D eigenvalue weighted by molar-refractivity contribution is 5.92. The summed E-state index contributed by atoms with van der Waals surface area (Å²) in [6.07, 6.45) is 4.12. The minimum absolute atomic E-state index is 0.0297. The van der Waals surface area contributed by atoms with Gasteiger partial charge in [0.1, 0.15) is 11.5 Å². The van der Waals surface area contributed by atoms with Crippen molar-refractivity contribution in [3.05, 3.63) is 18.1 Å². The second-order valence-electron chi connectivity index (χ2n) is 5.00. The fraction of sp³-hybridized carbons (Fsp3) is 0.615. The number of likely N-dealkylation sites (N-methyl/N-ethyl adjacent to an activating group) is 1. The first-order valence-corrected chi connectivity index (χ1v) is 6.61. The highest BCUT2D eigenvalue weighted by atomic mass is 16.2. The molecular formula is C13H21N5O. The summed E-state index contributed by atoms with van der Waals surface area (Å²) in [6.45, 7) is 4.78. The molecule has 0 bridgehead atoms. The molecule has 0 aliphatic carbocycles. The van der Waals surface area contributed by atoms with Crippen LogP contribution in [-0.4, -0.2) is 65.4 Å². The lowest BCUT2D eigenvalue weighted by Gasteiger charge is -2.27. The van der Waals surface area contributed by atoms with E-state index >= 15 is 0 Å². The van der Waals surface area contributed by atoms with Crippen molar-refractivity contribution in [2.45, 2.75) is 19.4 Å². The van der Waals surface area contributed by atoms with Gasteiger partial charge in [-0.05, 0) is 26.9 Å². The number of hydrogen-bond donors (Lipinski definition) is 1. The number of carbonyl (C=O) groups excluding carboxylic acids is 1. The van der Waals surface area contributed by atoms with Crippen molar-refractivity contribution in [1.82, 2.24) is 19.8 Å². The summed E-state index contributed by atoms with van der Waals surface area (Å²) in [6, 6.07) is 0.200. The van der Waals surface area contributed by atoms with E-state index in [9.17, 15) is 4.79 Å². The summed E-state index contributed by atoms with van der Waals surface area (Å²) >= 11 is 0. The molecule has 6 heteroatoms. The third-order valence-corrected chi connectivity index (χ3v) is 3.43. The van der Waals surface area contributed by atoms with Gasteiger partial charge in [0, 0.05) is 26.2 Å². The lowest BCUT2D eigenvalue weighted by atomic mass is 10.2. The van der Waals surface area contributed by atoms with Crippen LogP contribution >= 0.6 is 0 Å². The van der Waals surface area contributed by atoms with Crippen LogP contribution in [0.3, 0.4) is 0 Å². The molecule has 1 aliphatic rings. The van der Waals surface area contributed by atoms with Crippen molar-refractivity contribution in [2.24, 2.45) is 0 Å². The third kappa shape index (κ3) is 3.20. The zero-order chi connectivity index (χ0) is 13.8. The first-order chi connectivity index (χ1) is 9.11. The average Bonchev–Trinajstić information content (AvgIpc) is 2.58. The van der Waals surface area contributed by atoms with Crippen molar-refractivity contribution < 1.29 is 4.79 Å². The van der Waals surface area contributed by atoms with Crippen LogP contribution in [0.1, 0.15) is 23.8 Å². The lowest BCUT2D eigenvalue weighted by molar-refractivity contribution is 0.0690. The SMILES string of the molecule is CNc1cnc(C(=O)N2CCCN(C)CC2C)cn1. The molecule has 1 amide bonds. The van der Waals surface area contributed by atoms with Gasteiger partial charge in [0.2, 0.25) is 0 Å². The number of nitrogens with zero attached hydrogens (tertiary/aromatic N) is 4. The van der Waals surface area contributed by atoms with Crippen LogP contribution in [0.5, 0.6) is 0 Å². The number of amides is 1. The molecule has 1 N–H and O–H groups in total. The smallest absolute Gasteiger partial charge is 0.274 e. The van der Waals surface area contributed by atoms with Crippen molar-refractivity contribution >= 4 is 11.7 Å². The van der Waals surface area contributed by atoms with E-state index in [1.54, 1.807) is 13.2 Å². The molecule has 1 aliphatic heterocycles. The van der Waals surface area contributed by atoms with Gasteiger partial charge in [0.25, 0.3) is 5.91 Å². The Morgan fingerprint density at radius 3 is 2.79 bits per heavy atom. The summed E-state index contributed by atoms with van der Waals surface area (Å²) in [5, 5.41) is 2.89. The number of aromatic nitrogens is 2. The van der Waals surface area contributed by atoms with Gasteiger partial charge in [-0.15, -0.1) is 0 Å². The van der Waals surface area contributed by atoms with Gasteiger partial charge in [0.05, 0.1) is 12.4 Å². The van der Waals surface area contributed by atoms with Gasteiger partial charge in [-0.1, -0.05) is 0 Å². The summed E-state index contributed by atoms with van der Waals surface area (Å²) in [4.78, 5) is 24.9. The van der Waals surface area contributed by atoms with Crippen molar-refractivity contribution in [1.29, 1.82) is 0 Å². The Labute approximate surface area is 113 Å². The number of nitrogens with one attached hydrogen (secondary N) is 1. The van der Waals surface area contributed by atoms with Crippen molar-refractivity contribution in [3.8, 4) is 0 Å². The molecule has 0 aromatic carbocycles. The Bertz CT molecular complexity index is 433. The highest BCUT2D eigenvalue weighted by Gasteiger charge is 2.25. The van der Waals surface area contributed by atoms with Crippen LogP contribution in [0.4, 0.5) is 5.82 Å². The van der Waals surface area contributed by atoms with Gasteiger partial charge in [-0.2, -0.15) is 0 Å². The second kappa shape index (κ2) is 5.97. The normalized spacial score (nSPS) is 21.0. The topological polar surface area (TPSA) is 61.4 Å². The van der Waals surface area contributed by atoms with E-state index in [0.29, 0.717) is 11.5 Å². The molecule has 19 heavy (non-hydrogen) atoms. The maximum absolute atomic E-state index is 12.5. The first-order valence-electron chi connectivity index (χ1n) is 6.61. The number of rotatable bonds is 2. The van der Waals surface area contributed by atoms with Gasteiger partial charge in [-0.3, -0.25) is 4.79 Å². The van der Waals surface area contributed by atoms with Crippen LogP contribution in [-0.2, 0) is 0 Å². The second-order valence-corrected chi connectivity index (χ2v) is 5.00. The lowest BCUT2D eigenvalue weighted by Crippen LogP contribution is -2.42. The molecule has 1 aromatic heterocycles. The minimum atomic E-state index is -0.0297. The standard InChI is InChI=1S/C13H21N5O/c1-10-9-17(3)5-4-6-18(10)13(19)11-7-16-12(14-2)8-15-11/h7-8,10H,4-6,9H2,1-3H3,(H,14,16). The fourth-order valence-corrected chi connectivity index (χ4v) is 2.39. The molecule has 2 heterocycles. The molecule has 1 aromatic rings. The molecule has 6 nitrogen and oxygen atoms in total. The zero-order valence-electron chi connectivity index (χ0n) is 11.8. The number of carbonyl (C=O) groups is 1. The highest BCUT2D eigenvalue weighted by Crippen LogP contribution is 2.12. The maximum Gasteiger partial charge on any atom is 0.274 e. The van der Waals surface area contributed by atoms with E-state index in [1.165, 1.54) is 6.20 Å². The van der Waals surface area contributed by atoms with Crippen LogP contribution in [0, 0.1) is 0 Å². The Morgan fingerprint density at radius 2 is 2.16 bits per heavy atom. The predicted molar refractivity (Wildman–Crippen MR) is 74.2 cm³/mol. The molecule has 0 spiro atoms. The molecule has 0 radical (unpaired) electrons. The van der Waals surface area contributed by atoms with Gasteiger partial charge < -0.3 is 15.1 Å². The molecule has 1 atom stereocenters. The monoisotopic (exact) mass is 263 g/mol. The molecule has 2 rings (SSSR count). The van der Waals surface area contributed by atoms with Crippen molar-refractivity contribution in [3.63, 3.8) is 0 Å². The van der Waals surface area contributed by atoms with Crippen LogP contribution in [0.25, 0.3) is 0 Å². The predicted octanol–water partition coefficient (Wildman–Crippen LogP) is 0.684. The fourth-order valence-electron chi connectivity index (χ4n) is 2.39. The van der Waals surface area contributed by atoms with E-state index in [1.807, 2.05) is 4.90 Å². The molecular weight excluding hydrogens is 242 g/mol. The summed E-state index contributed by atoms with van der Waals surface area (Å²) in [5.74, 6) is 0.637. The van der Waals surface area contributed by atoms with Crippen molar-refractivity contribution in [2.75, 3.05) is 39.0 Å². The largest absolute Gasteiger partial charge is 0.372 e. The molecule has 104 valence electrons. The third-order valence-electron chi connectivity index (χ3n) is 3.43. The van der Waals surface area contributed by atoms with Crippen LogP contribution in [0.15, 0.2) is 12.4 Å². The molecule has 1 fully saturated rings. The van der Waals surface area contributed by atoms with E-state index < -0.39 is 0 Å². The van der Waals surface area contributed by atoms with Crippen LogP contribution < -0.4 is 5.32 Å².